The molecule has 0 saturated carbocycles. The van der Waals surface area contributed by atoms with Crippen molar-refractivity contribution in [2.24, 2.45) is 11.7 Å². The molecule has 0 aliphatic carbocycles. The second-order valence-electron chi connectivity index (χ2n) is 5.03. The Bertz CT molecular complexity index is 404. The van der Waals surface area contributed by atoms with E-state index in [4.69, 9.17) is 10.5 Å². The summed E-state index contributed by atoms with van der Waals surface area (Å²) in [7, 11) is 1.79. The molecule has 0 radical (unpaired) electrons. The second-order valence-corrected chi connectivity index (χ2v) is 5.03. The van der Waals surface area contributed by atoms with Gasteiger partial charge >= 0.3 is 0 Å². The Morgan fingerprint density at radius 1 is 1.58 bits per heavy atom. The predicted molar refractivity (Wildman–Crippen MR) is 72.2 cm³/mol. The average Bonchev–Trinajstić information content (AvgIpc) is 2.47. The van der Waals surface area contributed by atoms with Crippen LogP contribution >= 0.6 is 0 Å². The highest BCUT2D eigenvalue weighted by molar-refractivity contribution is 5.81. The molecule has 5 heteroatoms. The van der Waals surface area contributed by atoms with Crippen molar-refractivity contribution in [3.8, 4) is 0 Å². The maximum absolute atomic E-state index is 12.3. The highest BCUT2D eigenvalue weighted by atomic mass is 16.5. The molecule has 2 rings (SSSR count). The van der Waals surface area contributed by atoms with E-state index in [2.05, 4.69) is 4.98 Å². The van der Waals surface area contributed by atoms with Gasteiger partial charge in [0.2, 0.25) is 5.91 Å². The van der Waals surface area contributed by atoms with Gasteiger partial charge in [0.1, 0.15) is 0 Å². The fraction of sp³-hybridized carbons (Fsp3) is 0.571. The number of hydrogen-bond donors (Lipinski definition) is 1. The fourth-order valence-corrected chi connectivity index (χ4v) is 2.37. The van der Waals surface area contributed by atoms with Crippen LogP contribution in [0.25, 0.3) is 0 Å². The van der Waals surface area contributed by atoms with Gasteiger partial charge in [-0.05, 0) is 30.4 Å². The molecular formula is C14H21N3O2. The Labute approximate surface area is 113 Å². The number of hydrogen-bond acceptors (Lipinski definition) is 4. The van der Waals surface area contributed by atoms with Crippen molar-refractivity contribution >= 4 is 5.91 Å². The molecule has 2 heterocycles. The van der Waals surface area contributed by atoms with Crippen molar-refractivity contribution in [3.05, 3.63) is 30.1 Å². The van der Waals surface area contributed by atoms with E-state index in [9.17, 15) is 4.79 Å². The first-order chi connectivity index (χ1) is 9.18. The number of nitrogens with zero attached hydrogens (tertiary/aromatic N) is 2. The molecule has 1 aliphatic rings. The summed E-state index contributed by atoms with van der Waals surface area (Å²) in [5.74, 6) is 0.230. The van der Waals surface area contributed by atoms with Crippen LogP contribution in [-0.4, -0.2) is 42.1 Å². The summed E-state index contributed by atoms with van der Waals surface area (Å²) >= 11 is 0. The van der Waals surface area contributed by atoms with Crippen molar-refractivity contribution < 1.29 is 9.53 Å². The first-order valence-corrected chi connectivity index (χ1v) is 6.65. The van der Waals surface area contributed by atoms with Gasteiger partial charge in [0, 0.05) is 39.2 Å². The number of amides is 1. The van der Waals surface area contributed by atoms with E-state index < -0.39 is 6.04 Å². The van der Waals surface area contributed by atoms with Crippen LogP contribution < -0.4 is 5.73 Å². The topological polar surface area (TPSA) is 68.5 Å². The molecule has 1 fully saturated rings. The molecule has 1 saturated heterocycles. The number of pyridine rings is 1. The van der Waals surface area contributed by atoms with Crippen molar-refractivity contribution in [1.82, 2.24) is 9.88 Å². The zero-order valence-electron chi connectivity index (χ0n) is 11.3. The lowest BCUT2D eigenvalue weighted by molar-refractivity contribution is -0.133. The molecule has 0 bridgehead atoms. The number of likely N-dealkylation sites (N-methyl/N-ethyl adjacent to an activating group) is 1. The summed E-state index contributed by atoms with van der Waals surface area (Å²) in [5, 5.41) is 0. The summed E-state index contributed by atoms with van der Waals surface area (Å²) < 4.78 is 5.30. The molecule has 1 aromatic heterocycles. The Hall–Kier alpha value is -1.46. The lowest BCUT2D eigenvalue weighted by Crippen LogP contribution is -2.47. The van der Waals surface area contributed by atoms with Crippen LogP contribution in [0, 0.1) is 5.92 Å². The molecule has 1 amide bonds. The minimum Gasteiger partial charge on any atom is -0.381 e. The van der Waals surface area contributed by atoms with Crippen molar-refractivity contribution in [1.29, 1.82) is 0 Å². The van der Waals surface area contributed by atoms with E-state index in [-0.39, 0.29) is 11.8 Å². The van der Waals surface area contributed by atoms with E-state index in [0.717, 1.165) is 18.4 Å². The summed E-state index contributed by atoms with van der Waals surface area (Å²) in [6, 6.07) is 3.40. The van der Waals surface area contributed by atoms with E-state index in [1.807, 2.05) is 12.1 Å². The van der Waals surface area contributed by atoms with Gasteiger partial charge in [0.05, 0.1) is 6.04 Å². The van der Waals surface area contributed by atoms with E-state index >= 15 is 0 Å². The van der Waals surface area contributed by atoms with Gasteiger partial charge in [-0.15, -0.1) is 0 Å². The van der Waals surface area contributed by atoms with E-state index in [1.165, 1.54) is 0 Å². The van der Waals surface area contributed by atoms with Gasteiger partial charge in [0.15, 0.2) is 0 Å². The smallest absolute Gasteiger partial charge is 0.239 e. The average molecular weight is 263 g/mol. The van der Waals surface area contributed by atoms with Crippen molar-refractivity contribution in [2.45, 2.75) is 25.4 Å². The van der Waals surface area contributed by atoms with Crippen LogP contribution in [0.4, 0.5) is 0 Å². The van der Waals surface area contributed by atoms with E-state index in [0.29, 0.717) is 19.8 Å². The third-order valence-corrected chi connectivity index (χ3v) is 3.58. The quantitative estimate of drug-likeness (QED) is 0.872. The van der Waals surface area contributed by atoms with Crippen molar-refractivity contribution in [3.63, 3.8) is 0 Å². The number of aromatic nitrogens is 1. The minimum atomic E-state index is -0.425. The second kappa shape index (κ2) is 6.63. The minimum absolute atomic E-state index is 0.00393. The zero-order chi connectivity index (χ0) is 13.7. The summed E-state index contributed by atoms with van der Waals surface area (Å²) in [5.41, 5.74) is 7.10. The molecule has 2 N–H and O–H groups in total. The van der Waals surface area contributed by atoms with Crippen LogP contribution in [0.1, 0.15) is 18.4 Å². The first kappa shape index (κ1) is 14.0. The summed E-state index contributed by atoms with van der Waals surface area (Å²) in [6.07, 6.45) is 5.23. The first-order valence-electron chi connectivity index (χ1n) is 6.65. The molecule has 1 unspecified atom stereocenters. The largest absolute Gasteiger partial charge is 0.381 e. The number of carbonyl (C=O) groups excluding carboxylic acids is 1. The molecule has 1 aliphatic heterocycles. The van der Waals surface area contributed by atoms with Crippen LogP contribution in [0.5, 0.6) is 0 Å². The Balaban J connectivity index is 1.90. The van der Waals surface area contributed by atoms with Gasteiger partial charge in [-0.25, -0.2) is 0 Å². The molecule has 19 heavy (non-hydrogen) atoms. The standard InChI is InChI=1S/C14H21N3O2/c1-17(10-11-3-2-6-16-9-11)14(18)13(15)12-4-7-19-8-5-12/h2-3,6,9,12-13H,4-5,7-8,10,15H2,1H3. The van der Waals surface area contributed by atoms with Crippen LogP contribution in [0.2, 0.25) is 0 Å². The Kier molecular flexibility index (Phi) is 4.87. The molecular weight excluding hydrogens is 242 g/mol. The van der Waals surface area contributed by atoms with Gasteiger partial charge < -0.3 is 15.4 Å². The lowest BCUT2D eigenvalue weighted by Gasteiger charge is -2.29. The summed E-state index contributed by atoms with van der Waals surface area (Å²) in [4.78, 5) is 18.0. The third kappa shape index (κ3) is 3.75. The van der Waals surface area contributed by atoms with E-state index in [1.54, 1.807) is 24.3 Å². The van der Waals surface area contributed by atoms with Gasteiger partial charge in [-0.1, -0.05) is 6.07 Å². The van der Waals surface area contributed by atoms with Crippen molar-refractivity contribution in [2.75, 3.05) is 20.3 Å². The third-order valence-electron chi connectivity index (χ3n) is 3.58. The maximum atomic E-state index is 12.3. The molecule has 5 nitrogen and oxygen atoms in total. The number of nitrogens with two attached hydrogens (primary N) is 1. The molecule has 0 aromatic carbocycles. The SMILES string of the molecule is CN(Cc1cccnc1)C(=O)C(N)C1CCOCC1. The number of carbonyl (C=O) groups is 1. The lowest BCUT2D eigenvalue weighted by atomic mass is 9.91. The fourth-order valence-electron chi connectivity index (χ4n) is 2.37. The molecule has 104 valence electrons. The zero-order valence-corrected chi connectivity index (χ0v) is 11.3. The van der Waals surface area contributed by atoms with Crippen LogP contribution in [0.3, 0.4) is 0 Å². The predicted octanol–water partition coefficient (Wildman–Crippen LogP) is 0.794. The molecule has 0 spiro atoms. The van der Waals surface area contributed by atoms with Gasteiger partial charge in [0.25, 0.3) is 0 Å². The van der Waals surface area contributed by atoms with Crippen LogP contribution in [0.15, 0.2) is 24.5 Å². The number of ether oxygens (including phenoxy) is 1. The Morgan fingerprint density at radius 2 is 2.32 bits per heavy atom. The van der Waals surface area contributed by atoms with Gasteiger partial charge in [-0.2, -0.15) is 0 Å². The highest BCUT2D eigenvalue weighted by Crippen LogP contribution is 2.19. The normalized spacial score (nSPS) is 18.0. The maximum Gasteiger partial charge on any atom is 0.239 e. The summed E-state index contributed by atoms with van der Waals surface area (Å²) in [6.45, 7) is 1.96. The van der Waals surface area contributed by atoms with Crippen LogP contribution in [-0.2, 0) is 16.1 Å². The highest BCUT2D eigenvalue weighted by Gasteiger charge is 2.28. The monoisotopic (exact) mass is 263 g/mol. The molecule has 1 aromatic rings. The van der Waals surface area contributed by atoms with Gasteiger partial charge in [-0.3, -0.25) is 9.78 Å². The number of rotatable bonds is 4. The molecule has 1 atom stereocenters. The Morgan fingerprint density at radius 3 is 2.95 bits per heavy atom.